The lowest BCUT2D eigenvalue weighted by molar-refractivity contribution is -0.132. The second-order valence-corrected chi connectivity index (χ2v) is 9.42. The number of carbonyl (C=O) groups is 2. The minimum atomic E-state index is -0.912. The number of rotatable bonds is 8. The molecule has 194 valence electrons. The molecule has 0 spiro atoms. The van der Waals surface area contributed by atoms with Crippen LogP contribution in [0.25, 0.3) is 11.1 Å². The molecule has 9 nitrogen and oxygen atoms in total. The van der Waals surface area contributed by atoms with Gasteiger partial charge in [0.15, 0.2) is 0 Å². The lowest BCUT2D eigenvalue weighted by atomic mass is 9.97. The maximum absolute atomic E-state index is 12.8. The first-order valence-corrected chi connectivity index (χ1v) is 12.7. The number of nitrogens with zero attached hydrogens (tertiary/aromatic N) is 4. The van der Waals surface area contributed by atoms with Crippen LogP contribution in [0.1, 0.15) is 36.0 Å². The third-order valence-electron chi connectivity index (χ3n) is 6.79. The van der Waals surface area contributed by atoms with Crippen LogP contribution >= 0.6 is 0 Å². The molecule has 9 heteroatoms. The van der Waals surface area contributed by atoms with Crippen LogP contribution in [0.3, 0.4) is 0 Å². The molecule has 3 aromatic rings. The molecule has 2 aromatic heterocycles. The summed E-state index contributed by atoms with van der Waals surface area (Å²) in [5.41, 5.74) is 3.20. The van der Waals surface area contributed by atoms with Gasteiger partial charge in [0.2, 0.25) is 0 Å². The molecule has 0 saturated carbocycles. The highest BCUT2D eigenvalue weighted by Gasteiger charge is 2.22. The summed E-state index contributed by atoms with van der Waals surface area (Å²) in [6.07, 6.45) is 13.3. The molecule has 1 aliphatic heterocycles. The molecule has 1 aliphatic carbocycles. The fourth-order valence-corrected chi connectivity index (χ4v) is 4.63. The Labute approximate surface area is 220 Å². The van der Waals surface area contributed by atoms with E-state index in [9.17, 15) is 9.59 Å². The standard InChI is InChI=1S/C29H29N5O4/c35-28(22-4-1-3-21(13-22)24-15-30-19-31-16-24)33-25-7-8-27(32-17-25)34-11-9-20(10-12-34)18-38-26-6-2-5-23(14-26)29(36)37/h1,3-5,7-8,13-17,19-20H,2,6,9-12,18H2,(H,33,35)(H,36,37). The van der Waals surface area contributed by atoms with Gasteiger partial charge in [-0.15, -0.1) is 0 Å². The molecule has 0 radical (unpaired) electrons. The maximum atomic E-state index is 12.8. The highest BCUT2D eigenvalue weighted by atomic mass is 16.5. The Kier molecular flexibility index (Phi) is 7.73. The van der Waals surface area contributed by atoms with Crippen LogP contribution in [0.15, 0.2) is 84.8 Å². The number of nitrogens with one attached hydrogen (secondary N) is 1. The second kappa shape index (κ2) is 11.7. The van der Waals surface area contributed by atoms with Crippen molar-refractivity contribution in [2.24, 2.45) is 5.92 Å². The summed E-state index contributed by atoms with van der Waals surface area (Å²) in [5.74, 6) is 0.929. The Morgan fingerprint density at radius 2 is 1.87 bits per heavy atom. The molecule has 0 unspecified atom stereocenters. The van der Waals surface area contributed by atoms with Crippen molar-refractivity contribution in [1.82, 2.24) is 15.0 Å². The number of benzene rings is 1. The van der Waals surface area contributed by atoms with Crippen LogP contribution in [0.4, 0.5) is 11.5 Å². The zero-order chi connectivity index (χ0) is 26.3. The van der Waals surface area contributed by atoms with Gasteiger partial charge in [0.1, 0.15) is 12.1 Å². The van der Waals surface area contributed by atoms with Gasteiger partial charge < -0.3 is 20.1 Å². The first kappa shape index (κ1) is 25.1. The van der Waals surface area contributed by atoms with E-state index in [0.29, 0.717) is 35.8 Å². The number of allylic oxidation sites excluding steroid dienone is 2. The number of ether oxygens (including phenoxy) is 1. The lowest BCUT2D eigenvalue weighted by Crippen LogP contribution is -2.35. The van der Waals surface area contributed by atoms with Crippen LogP contribution in [0, 0.1) is 5.92 Å². The molecule has 1 amide bonds. The Morgan fingerprint density at radius 3 is 2.61 bits per heavy atom. The van der Waals surface area contributed by atoms with E-state index in [4.69, 9.17) is 9.84 Å². The van der Waals surface area contributed by atoms with E-state index in [1.165, 1.54) is 6.33 Å². The van der Waals surface area contributed by atoms with Gasteiger partial charge in [0.25, 0.3) is 5.91 Å². The highest BCUT2D eigenvalue weighted by Crippen LogP contribution is 2.26. The number of pyridine rings is 1. The topological polar surface area (TPSA) is 118 Å². The number of carboxylic acids is 1. The summed E-state index contributed by atoms with van der Waals surface area (Å²) >= 11 is 0. The van der Waals surface area contributed by atoms with Crippen molar-refractivity contribution in [2.45, 2.75) is 25.7 Å². The molecule has 1 aromatic carbocycles. The molecule has 5 rings (SSSR count). The zero-order valence-electron chi connectivity index (χ0n) is 20.9. The molecular weight excluding hydrogens is 482 g/mol. The first-order valence-electron chi connectivity index (χ1n) is 12.7. The van der Waals surface area contributed by atoms with Gasteiger partial charge in [-0.25, -0.2) is 19.7 Å². The SMILES string of the molecule is O=C(O)C1=CCCC(OCC2CCN(c3ccc(NC(=O)c4cccc(-c5cncnc5)c4)cn3)CC2)=C1. The highest BCUT2D eigenvalue weighted by molar-refractivity contribution is 6.04. The number of aliphatic carboxylic acids is 1. The summed E-state index contributed by atoms with van der Waals surface area (Å²) in [7, 11) is 0. The Bertz CT molecular complexity index is 1350. The summed E-state index contributed by atoms with van der Waals surface area (Å²) in [4.78, 5) is 38.9. The molecule has 2 N–H and O–H groups in total. The van der Waals surface area contributed by atoms with E-state index >= 15 is 0 Å². The number of anilines is 2. The predicted molar refractivity (Wildman–Crippen MR) is 144 cm³/mol. The summed E-state index contributed by atoms with van der Waals surface area (Å²) < 4.78 is 5.94. The van der Waals surface area contributed by atoms with E-state index in [1.54, 1.807) is 36.8 Å². The number of piperidine rings is 1. The molecule has 2 aliphatic rings. The van der Waals surface area contributed by atoms with Gasteiger partial charge in [-0.2, -0.15) is 0 Å². The number of hydrogen-bond donors (Lipinski definition) is 2. The number of aromatic nitrogens is 3. The monoisotopic (exact) mass is 511 g/mol. The Balaban J connectivity index is 1.11. The van der Waals surface area contributed by atoms with Crippen LogP contribution in [-0.4, -0.2) is 51.6 Å². The van der Waals surface area contributed by atoms with Gasteiger partial charge in [-0.1, -0.05) is 18.2 Å². The van der Waals surface area contributed by atoms with Crippen molar-refractivity contribution in [1.29, 1.82) is 0 Å². The second-order valence-electron chi connectivity index (χ2n) is 9.42. The third kappa shape index (κ3) is 6.23. The van der Waals surface area contributed by atoms with Crippen molar-refractivity contribution in [2.75, 3.05) is 29.9 Å². The largest absolute Gasteiger partial charge is 0.498 e. The van der Waals surface area contributed by atoms with Gasteiger partial charge in [-0.3, -0.25) is 4.79 Å². The van der Waals surface area contributed by atoms with Gasteiger partial charge in [0, 0.05) is 43.0 Å². The first-order chi connectivity index (χ1) is 18.5. The minimum Gasteiger partial charge on any atom is -0.498 e. The smallest absolute Gasteiger partial charge is 0.335 e. The van der Waals surface area contributed by atoms with Crippen molar-refractivity contribution >= 4 is 23.4 Å². The van der Waals surface area contributed by atoms with Crippen molar-refractivity contribution in [3.8, 4) is 11.1 Å². The fraction of sp³-hybridized carbons (Fsp3) is 0.276. The number of amides is 1. The van der Waals surface area contributed by atoms with Gasteiger partial charge in [0.05, 0.1) is 29.8 Å². The van der Waals surface area contributed by atoms with Crippen LogP contribution in [-0.2, 0) is 9.53 Å². The lowest BCUT2D eigenvalue weighted by Gasteiger charge is -2.33. The summed E-state index contributed by atoms with van der Waals surface area (Å²) in [6, 6.07) is 11.1. The Hall–Kier alpha value is -4.53. The molecular formula is C29H29N5O4. The van der Waals surface area contributed by atoms with Gasteiger partial charge >= 0.3 is 5.97 Å². The van der Waals surface area contributed by atoms with E-state index in [1.807, 2.05) is 30.3 Å². The number of hydrogen-bond acceptors (Lipinski definition) is 7. The molecule has 0 atom stereocenters. The zero-order valence-corrected chi connectivity index (χ0v) is 20.9. The normalized spacial score (nSPS) is 15.8. The van der Waals surface area contributed by atoms with E-state index in [2.05, 4.69) is 25.2 Å². The van der Waals surface area contributed by atoms with Crippen molar-refractivity contribution < 1.29 is 19.4 Å². The summed E-state index contributed by atoms with van der Waals surface area (Å²) in [6.45, 7) is 2.33. The average Bonchev–Trinajstić information content (AvgIpc) is 2.97. The molecule has 0 bridgehead atoms. The van der Waals surface area contributed by atoms with E-state index < -0.39 is 5.97 Å². The third-order valence-corrected chi connectivity index (χ3v) is 6.79. The number of carboxylic acid groups (broad SMARTS) is 1. The van der Waals surface area contributed by atoms with Gasteiger partial charge in [-0.05, 0) is 61.1 Å². The van der Waals surface area contributed by atoms with Crippen molar-refractivity contribution in [3.05, 3.63) is 90.4 Å². The molecule has 3 heterocycles. The van der Waals surface area contributed by atoms with Crippen molar-refractivity contribution in [3.63, 3.8) is 0 Å². The quantitative estimate of drug-likeness (QED) is 0.446. The fourth-order valence-electron chi connectivity index (χ4n) is 4.63. The van der Waals surface area contributed by atoms with E-state index in [0.717, 1.165) is 55.1 Å². The summed E-state index contributed by atoms with van der Waals surface area (Å²) in [5, 5.41) is 12.1. The van der Waals surface area contributed by atoms with Crippen LogP contribution in [0.5, 0.6) is 0 Å². The molecule has 1 fully saturated rings. The number of carbonyl (C=O) groups excluding carboxylic acids is 1. The van der Waals surface area contributed by atoms with Crippen LogP contribution in [0.2, 0.25) is 0 Å². The molecule has 38 heavy (non-hydrogen) atoms. The molecule has 1 saturated heterocycles. The Morgan fingerprint density at radius 1 is 1.05 bits per heavy atom. The predicted octanol–water partition coefficient (Wildman–Crippen LogP) is 4.71. The minimum absolute atomic E-state index is 0.210. The van der Waals surface area contributed by atoms with E-state index in [-0.39, 0.29) is 5.91 Å². The maximum Gasteiger partial charge on any atom is 0.335 e. The van der Waals surface area contributed by atoms with Crippen LogP contribution < -0.4 is 10.2 Å². The average molecular weight is 512 g/mol.